The van der Waals surface area contributed by atoms with Crippen LogP contribution in [0.4, 0.5) is 5.69 Å². The Bertz CT molecular complexity index is 1610. The van der Waals surface area contributed by atoms with Gasteiger partial charge in [0, 0.05) is 33.7 Å². The molecule has 1 N–H and O–H groups in total. The van der Waals surface area contributed by atoms with E-state index in [0.717, 1.165) is 20.9 Å². The van der Waals surface area contributed by atoms with Crippen molar-refractivity contribution in [2.75, 3.05) is 12.0 Å². The summed E-state index contributed by atoms with van der Waals surface area (Å²) in [6, 6.07) is 22.0. The van der Waals surface area contributed by atoms with Crippen molar-refractivity contribution in [2.45, 2.75) is 6.54 Å². The fraction of sp³-hybridized carbons (Fsp3) is 0.0714. The van der Waals surface area contributed by atoms with Gasteiger partial charge in [-0.05, 0) is 66.3 Å². The van der Waals surface area contributed by atoms with Crippen LogP contribution in [-0.2, 0) is 20.9 Å². The zero-order valence-corrected chi connectivity index (χ0v) is 22.0. The fourth-order valence-electron chi connectivity index (χ4n) is 4.27. The Labute approximate surface area is 226 Å². The summed E-state index contributed by atoms with van der Waals surface area (Å²) >= 11 is 8.69. The number of halogens is 1. The first kappa shape index (κ1) is 24.6. The van der Waals surface area contributed by atoms with Gasteiger partial charge in [0.2, 0.25) is 0 Å². The van der Waals surface area contributed by atoms with Crippen LogP contribution in [0.25, 0.3) is 17.0 Å². The number of thiocarbonyl (C=S) groups is 1. The molecule has 184 valence electrons. The van der Waals surface area contributed by atoms with Gasteiger partial charge in [-0.1, -0.05) is 46.3 Å². The minimum absolute atomic E-state index is 0.0212. The predicted molar refractivity (Wildman–Crippen MR) is 149 cm³/mol. The summed E-state index contributed by atoms with van der Waals surface area (Å²) in [4.78, 5) is 39.6. The van der Waals surface area contributed by atoms with E-state index in [1.165, 1.54) is 12.0 Å². The van der Waals surface area contributed by atoms with E-state index in [2.05, 4.69) is 21.2 Å². The molecule has 3 aromatic carbocycles. The van der Waals surface area contributed by atoms with Gasteiger partial charge in [-0.15, -0.1) is 0 Å². The Kier molecular flexibility index (Phi) is 6.73. The molecule has 1 saturated heterocycles. The number of anilines is 1. The third-order valence-electron chi connectivity index (χ3n) is 6.01. The molecule has 5 rings (SSSR count). The lowest BCUT2D eigenvalue weighted by Crippen LogP contribution is -2.54. The third-order valence-corrected chi connectivity index (χ3v) is 6.82. The largest absolute Gasteiger partial charge is 0.465 e. The number of hydrogen-bond donors (Lipinski definition) is 1. The number of nitrogens with one attached hydrogen (secondary N) is 1. The van der Waals surface area contributed by atoms with Crippen molar-refractivity contribution in [1.29, 1.82) is 0 Å². The molecule has 1 aliphatic heterocycles. The summed E-state index contributed by atoms with van der Waals surface area (Å²) in [5.41, 5.74) is 3.53. The van der Waals surface area contributed by atoms with Gasteiger partial charge >= 0.3 is 5.97 Å². The Morgan fingerprint density at radius 2 is 1.81 bits per heavy atom. The van der Waals surface area contributed by atoms with Gasteiger partial charge in [0.1, 0.15) is 5.57 Å². The first-order valence-electron chi connectivity index (χ1n) is 11.3. The number of ether oxygens (including phenoxy) is 1. The molecular weight excluding hydrogens is 554 g/mol. The smallest absolute Gasteiger partial charge is 0.337 e. The number of rotatable bonds is 5. The number of fused-ring (bicyclic) bond motifs is 1. The molecule has 0 unspecified atom stereocenters. The highest BCUT2D eigenvalue weighted by atomic mass is 79.9. The number of para-hydroxylation sites is 1. The van der Waals surface area contributed by atoms with Crippen LogP contribution in [0.1, 0.15) is 21.5 Å². The van der Waals surface area contributed by atoms with Crippen LogP contribution in [0.15, 0.2) is 89.0 Å². The number of carbonyl (C=O) groups excluding carboxylic acids is 3. The molecule has 0 saturated carbocycles. The minimum Gasteiger partial charge on any atom is -0.465 e. The fourth-order valence-corrected chi connectivity index (χ4v) is 4.82. The molecule has 7 nitrogen and oxygen atoms in total. The van der Waals surface area contributed by atoms with Gasteiger partial charge < -0.3 is 9.30 Å². The van der Waals surface area contributed by atoms with Crippen LogP contribution in [-0.4, -0.2) is 34.6 Å². The summed E-state index contributed by atoms with van der Waals surface area (Å²) in [6.45, 7) is 0.476. The highest BCUT2D eigenvalue weighted by molar-refractivity contribution is 9.10. The molecule has 0 spiro atoms. The second-order valence-corrected chi connectivity index (χ2v) is 9.66. The van der Waals surface area contributed by atoms with Crippen molar-refractivity contribution in [3.8, 4) is 0 Å². The number of aromatic nitrogens is 1. The molecule has 0 atom stereocenters. The van der Waals surface area contributed by atoms with Gasteiger partial charge in [0.05, 0.1) is 18.4 Å². The maximum Gasteiger partial charge on any atom is 0.337 e. The van der Waals surface area contributed by atoms with Crippen molar-refractivity contribution >= 4 is 73.7 Å². The monoisotopic (exact) mass is 573 g/mol. The highest BCUT2D eigenvalue weighted by Crippen LogP contribution is 2.28. The zero-order chi connectivity index (χ0) is 26.1. The third kappa shape index (κ3) is 4.83. The molecule has 1 aromatic heterocycles. The van der Waals surface area contributed by atoms with Crippen LogP contribution in [0.2, 0.25) is 0 Å². The first-order chi connectivity index (χ1) is 17.9. The van der Waals surface area contributed by atoms with Crippen molar-refractivity contribution in [1.82, 2.24) is 9.88 Å². The molecule has 37 heavy (non-hydrogen) atoms. The van der Waals surface area contributed by atoms with E-state index in [0.29, 0.717) is 23.4 Å². The van der Waals surface area contributed by atoms with Crippen molar-refractivity contribution in [3.63, 3.8) is 0 Å². The average molecular weight is 574 g/mol. The van der Waals surface area contributed by atoms with Gasteiger partial charge in [-0.25, -0.2) is 4.79 Å². The number of esters is 1. The molecule has 0 bridgehead atoms. The first-order valence-corrected chi connectivity index (χ1v) is 12.5. The Hall–Kier alpha value is -4.08. The lowest BCUT2D eigenvalue weighted by atomic mass is 10.1. The molecular formula is C28H20BrN3O4S. The molecule has 0 aliphatic carbocycles. The quantitative estimate of drug-likeness (QED) is 0.156. The number of nitrogens with zero attached hydrogens (tertiary/aromatic N) is 2. The summed E-state index contributed by atoms with van der Waals surface area (Å²) in [7, 11) is 1.35. The van der Waals surface area contributed by atoms with E-state index in [4.69, 9.17) is 17.0 Å². The SMILES string of the molecule is COC(=O)c1cccc(Cn2cc(/C=C3\C(=O)NC(=S)N(c4ccc(Br)cc4)C3=O)c3ccccc32)c1. The van der Waals surface area contributed by atoms with Gasteiger partial charge in [-0.3, -0.25) is 19.8 Å². The van der Waals surface area contributed by atoms with Crippen molar-refractivity contribution in [3.05, 3.63) is 106 Å². The standard InChI is InChI=1S/C28H20BrN3O4S/c1-36-27(35)18-6-4-5-17(13-18)15-31-16-19(22-7-2-3-8-24(22)31)14-23-25(33)30-28(37)32(26(23)34)21-11-9-20(29)10-12-21/h2-14,16H,15H2,1H3,(H,30,33,37)/b23-14+. The van der Waals surface area contributed by atoms with Crippen LogP contribution in [0, 0.1) is 0 Å². The van der Waals surface area contributed by atoms with Gasteiger partial charge in [-0.2, -0.15) is 0 Å². The number of carbonyl (C=O) groups is 3. The van der Waals surface area contributed by atoms with E-state index in [1.807, 2.05) is 41.1 Å². The normalized spacial score (nSPS) is 14.8. The van der Waals surface area contributed by atoms with Crippen LogP contribution in [0.5, 0.6) is 0 Å². The topological polar surface area (TPSA) is 80.6 Å². The maximum absolute atomic E-state index is 13.4. The molecule has 2 heterocycles. The Morgan fingerprint density at radius 1 is 1.05 bits per heavy atom. The minimum atomic E-state index is -0.550. The molecule has 0 radical (unpaired) electrons. The highest BCUT2D eigenvalue weighted by Gasteiger charge is 2.34. The van der Waals surface area contributed by atoms with Gasteiger partial charge in [0.25, 0.3) is 11.8 Å². The molecule has 2 amide bonds. The van der Waals surface area contributed by atoms with Crippen molar-refractivity contribution in [2.24, 2.45) is 0 Å². The van der Waals surface area contributed by atoms with Gasteiger partial charge in [0.15, 0.2) is 5.11 Å². The number of amides is 2. The average Bonchev–Trinajstić information content (AvgIpc) is 3.24. The lowest BCUT2D eigenvalue weighted by molar-refractivity contribution is -0.122. The van der Waals surface area contributed by atoms with Crippen molar-refractivity contribution < 1.29 is 19.1 Å². The Morgan fingerprint density at radius 3 is 2.57 bits per heavy atom. The summed E-state index contributed by atoms with van der Waals surface area (Å²) in [5, 5.41) is 3.54. The molecule has 4 aromatic rings. The van der Waals surface area contributed by atoms with Crippen LogP contribution >= 0.6 is 28.1 Å². The van der Waals surface area contributed by atoms with Crippen LogP contribution < -0.4 is 10.2 Å². The molecule has 1 aliphatic rings. The van der Waals surface area contributed by atoms with Crippen LogP contribution in [0.3, 0.4) is 0 Å². The lowest BCUT2D eigenvalue weighted by Gasteiger charge is -2.28. The molecule has 9 heteroatoms. The number of hydrogen-bond acceptors (Lipinski definition) is 5. The maximum atomic E-state index is 13.4. The van der Waals surface area contributed by atoms with E-state index < -0.39 is 17.8 Å². The summed E-state index contributed by atoms with van der Waals surface area (Å²) in [6.07, 6.45) is 3.48. The second-order valence-electron chi connectivity index (χ2n) is 8.36. The second kappa shape index (κ2) is 10.1. The van der Waals surface area contributed by atoms with E-state index in [1.54, 1.807) is 48.5 Å². The van der Waals surface area contributed by atoms with E-state index >= 15 is 0 Å². The summed E-state index contributed by atoms with van der Waals surface area (Å²) < 4.78 is 7.71. The summed E-state index contributed by atoms with van der Waals surface area (Å²) in [5.74, 6) is -1.45. The van der Waals surface area contributed by atoms with E-state index in [-0.39, 0.29) is 10.7 Å². The zero-order valence-electron chi connectivity index (χ0n) is 19.6. The molecule has 1 fully saturated rings. The predicted octanol–water partition coefficient (Wildman–Crippen LogP) is 5.07. The van der Waals surface area contributed by atoms with E-state index in [9.17, 15) is 14.4 Å². The number of methoxy groups -OCH3 is 1. The number of benzene rings is 3. The Balaban J connectivity index is 1.54.